The van der Waals surface area contributed by atoms with Crippen molar-refractivity contribution in [2.75, 3.05) is 11.9 Å². The predicted molar refractivity (Wildman–Crippen MR) is 75.3 cm³/mol. The minimum Gasteiger partial charge on any atom is -0.493 e. The van der Waals surface area contributed by atoms with E-state index in [9.17, 15) is 0 Å². The van der Waals surface area contributed by atoms with E-state index in [1.54, 1.807) is 0 Å². The third-order valence-electron chi connectivity index (χ3n) is 2.47. The molecule has 0 saturated carbocycles. The van der Waals surface area contributed by atoms with Crippen molar-refractivity contribution in [1.29, 1.82) is 0 Å². The van der Waals surface area contributed by atoms with Crippen LogP contribution in [-0.2, 0) is 0 Å². The fourth-order valence-corrected chi connectivity index (χ4v) is 1.72. The van der Waals surface area contributed by atoms with Gasteiger partial charge in [0.25, 0.3) is 0 Å². The lowest BCUT2D eigenvalue weighted by molar-refractivity contribution is 0.207. The van der Waals surface area contributed by atoms with Crippen LogP contribution in [-0.4, -0.2) is 18.0 Å². The van der Waals surface area contributed by atoms with Gasteiger partial charge in [-0.25, -0.2) is 0 Å². The smallest absolute Gasteiger partial charge is 0.119 e. The quantitative estimate of drug-likeness (QED) is 0.662. The van der Waals surface area contributed by atoms with E-state index in [2.05, 4.69) is 29.8 Å². The number of unbranched alkanes of at least 4 members (excludes halogenated alkanes) is 1. The van der Waals surface area contributed by atoms with Crippen LogP contribution in [0.15, 0.2) is 24.3 Å². The molecule has 0 aliphatic carbocycles. The number of benzene rings is 1. The van der Waals surface area contributed by atoms with Gasteiger partial charge in [0.05, 0.1) is 12.7 Å². The zero-order chi connectivity index (χ0) is 12.5. The molecule has 0 aromatic heterocycles. The van der Waals surface area contributed by atoms with Gasteiger partial charge in [-0.2, -0.15) is 0 Å². The Morgan fingerprint density at radius 2 is 1.82 bits per heavy atom. The van der Waals surface area contributed by atoms with E-state index < -0.39 is 0 Å². The molecule has 2 nitrogen and oxygen atoms in total. The maximum atomic E-state index is 5.81. The lowest BCUT2D eigenvalue weighted by Gasteiger charge is -2.14. The number of hydrogen-bond acceptors (Lipinski definition) is 2. The van der Waals surface area contributed by atoms with Crippen LogP contribution in [0.25, 0.3) is 0 Å². The van der Waals surface area contributed by atoms with Crippen LogP contribution in [0.3, 0.4) is 0 Å². The first-order chi connectivity index (χ1) is 8.26. The summed E-state index contributed by atoms with van der Waals surface area (Å²) in [5.41, 5.74) is 0. The lowest BCUT2D eigenvalue weighted by Crippen LogP contribution is -2.11. The molecule has 0 N–H and O–H groups in total. The molecular formula is C14H21BrO2. The van der Waals surface area contributed by atoms with Crippen molar-refractivity contribution in [3.05, 3.63) is 24.3 Å². The molecule has 0 fully saturated rings. The molecule has 0 saturated heterocycles. The minimum absolute atomic E-state index is 0.282. The summed E-state index contributed by atoms with van der Waals surface area (Å²) in [4.78, 5) is 0. The van der Waals surface area contributed by atoms with Gasteiger partial charge in [0.15, 0.2) is 0 Å². The van der Waals surface area contributed by atoms with Gasteiger partial charge in [0, 0.05) is 5.33 Å². The highest BCUT2D eigenvalue weighted by Gasteiger charge is 2.03. The van der Waals surface area contributed by atoms with Gasteiger partial charge < -0.3 is 9.47 Å². The molecule has 0 radical (unpaired) electrons. The Kier molecular flexibility index (Phi) is 7.10. The van der Waals surface area contributed by atoms with Gasteiger partial charge in [0.1, 0.15) is 11.5 Å². The Hall–Kier alpha value is -0.700. The average Bonchev–Trinajstić information content (AvgIpc) is 2.35. The molecule has 1 rings (SSSR count). The summed E-state index contributed by atoms with van der Waals surface area (Å²) in [6.07, 6.45) is 3.82. The van der Waals surface area contributed by atoms with Gasteiger partial charge in [-0.15, -0.1) is 0 Å². The fraction of sp³-hybridized carbons (Fsp3) is 0.571. The molecule has 17 heavy (non-hydrogen) atoms. The molecule has 0 bridgehead atoms. The first-order valence-electron chi connectivity index (χ1n) is 6.21. The second-order valence-electron chi connectivity index (χ2n) is 4.08. The maximum Gasteiger partial charge on any atom is 0.119 e. The summed E-state index contributed by atoms with van der Waals surface area (Å²) in [5.74, 6) is 1.80. The molecule has 0 heterocycles. The van der Waals surface area contributed by atoms with Gasteiger partial charge in [-0.3, -0.25) is 0 Å². The van der Waals surface area contributed by atoms with Crippen molar-refractivity contribution in [2.24, 2.45) is 0 Å². The maximum absolute atomic E-state index is 5.81. The standard InChI is InChI=1S/C14H21BrO2/c1-3-4-5-12(2)17-14-8-6-13(7-9-14)16-11-10-15/h6-9,12H,3-5,10-11H2,1-2H3. The van der Waals surface area contributed by atoms with Crippen molar-refractivity contribution in [3.8, 4) is 11.5 Å². The van der Waals surface area contributed by atoms with E-state index in [0.29, 0.717) is 6.61 Å². The van der Waals surface area contributed by atoms with Crippen molar-refractivity contribution < 1.29 is 9.47 Å². The molecule has 0 spiro atoms. The summed E-state index contributed by atoms with van der Waals surface area (Å²) >= 11 is 3.33. The first-order valence-corrected chi connectivity index (χ1v) is 7.34. The lowest BCUT2D eigenvalue weighted by atomic mass is 10.2. The van der Waals surface area contributed by atoms with E-state index in [1.165, 1.54) is 12.8 Å². The normalized spacial score (nSPS) is 12.2. The van der Waals surface area contributed by atoms with Crippen LogP contribution in [0.2, 0.25) is 0 Å². The van der Waals surface area contributed by atoms with E-state index in [4.69, 9.17) is 9.47 Å². The molecule has 0 aliphatic heterocycles. The third-order valence-corrected chi connectivity index (χ3v) is 2.79. The Labute approximate surface area is 112 Å². The van der Waals surface area contributed by atoms with Crippen LogP contribution >= 0.6 is 15.9 Å². The summed E-state index contributed by atoms with van der Waals surface area (Å²) < 4.78 is 11.3. The molecule has 1 aromatic rings. The minimum atomic E-state index is 0.282. The Morgan fingerprint density at radius 3 is 2.41 bits per heavy atom. The Morgan fingerprint density at radius 1 is 1.18 bits per heavy atom. The molecular weight excluding hydrogens is 280 g/mol. The van der Waals surface area contributed by atoms with Crippen LogP contribution in [0.4, 0.5) is 0 Å². The van der Waals surface area contributed by atoms with Gasteiger partial charge in [-0.1, -0.05) is 35.7 Å². The second-order valence-corrected chi connectivity index (χ2v) is 4.87. The molecule has 1 unspecified atom stereocenters. The summed E-state index contributed by atoms with van der Waals surface area (Å²) in [5, 5.41) is 0.847. The number of rotatable bonds is 8. The van der Waals surface area contributed by atoms with Crippen molar-refractivity contribution in [1.82, 2.24) is 0 Å². The average molecular weight is 301 g/mol. The van der Waals surface area contributed by atoms with Crippen LogP contribution in [0.5, 0.6) is 11.5 Å². The van der Waals surface area contributed by atoms with Gasteiger partial charge in [-0.05, 0) is 37.6 Å². The summed E-state index contributed by atoms with van der Waals surface area (Å²) in [6.45, 7) is 5.00. The first kappa shape index (κ1) is 14.4. The highest BCUT2D eigenvalue weighted by molar-refractivity contribution is 9.09. The summed E-state index contributed by atoms with van der Waals surface area (Å²) in [7, 11) is 0. The molecule has 0 aliphatic rings. The monoisotopic (exact) mass is 300 g/mol. The second kappa shape index (κ2) is 8.40. The number of alkyl halides is 1. The van der Waals surface area contributed by atoms with Crippen LogP contribution < -0.4 is 9.47 Å². The number of ether oxygens (including phenoxy) is 2. The Balaban J connectivity index is 2.39. The van der Waals surface area contributed by atoms with Crippen LogP contribution in [0, 0.1) is 0 Å². The largest absolute Gasteiger partial charge is 0.493 e. The topological polar surface area (TPSA) is 18.5 Å². The molecule has 3 heteroatoms. The van der Waals surface area contributed by atoms with Gasteiger partial charge in [0.2, 0.25) is 0 Å². The molecule has 96 valence electrons. The number of halogens is 1. The zero-order valence-electron chi connectivity index (χ0n) is 10.6. The SMILES string of the molecule is CCCCC(C)Oc1ccc(OCCBr)cc1. The summed E-state index contributed by atoms with van der Waals surface area (Å²) in [6, 6.07) is 7.83. The zero-order valence-corrected chi connectivity index (χ0v) is 12.2. The highest BCUT2D eigenvalue weighted by atomic mass is 79.9. The van der Waals surface area contributed by atoms with E-state index in [0.717, 1.165) is 23.2 Å². The number of hydrogen-bond donors (Lipinski definition) is 0. The third kappa shape index (κ3) is 5.97. The molecule has 1 aromatic carbocycles. The van der Waals surface area contributed by atoms with E-state index >= 15 is 0 Å². The van der Waals surface area contributed by atoms with Crippen molar-refractivity contribution in [3.63, 3.8) is 0 Å². The molecule has 1 atom stereocenters. The van der Waals surface area contributed by atoms with Crippen molar-refractivity contribution >= 4 is 15.9 Å². The predicted octanol–water partition coefficient (Wildman–Crippen LogP) is 4.42. The fourth-order valence-electron chi connectivity index (χ4n) is 1.55. The van der Waals surface area contributed by atoms with Crippen LogP contribution in [0.1, 0.15) is 33.1 Å². The Bertz CT molecular complexity index is 298. The van der Waals surface area contributed by atoms with Crippen molar-refractivity contribution in [2.45, 2.75) is 39.2 Å². The van der Waals surface area contributed by atoms with E-state index in [1.807, 2.05) is 24.3 Å². The van der Waals surface area contributed by atoms with E-state index in [-0.39, 0.29) is 6.10 Å². The molecule has 0 amide bonds. The van der Waals surface area contributed by atoms with Gasteiger partial charge >= 0.3 is 0 Å². The highest BCUT2D eigenvalue weighted by Crippen LogP contribution is 2.19.